The van der Waals surface area contributed by atoms with E-state index in [1.807, 2.05) is 4.90 Å². The van der Waals surface area contributed by atoms with Gasteiger partial charge < -0.3 is 20.5 Å². The highest BCUT2D eigenvalue weighted by molar-refractivity contribution is 6.35. The minimum atomic E-state index is -0.486. The van der Waals surface area contributed by atoms with Crippen molar-refractivity contribution in [2.24, 2.45) is 5.92 Å². The van der Waals surface area contributed by atoms with Crippen LogP contribution in [-0.2, 0) is 4.79 Å². The molecule has 0 spiro atoms. The summed E-state index contributed by atoms with van der Waals surface area (Å²) in [5, 5.41) is 7.60. The number of carbonyl (C=O) groups excluding carboxylic acids is 3. The van der Waals surface area contributed by atoms with Crippen molar-refractivity contribution in [2.45, 2.75) is 44.2 Å². The number of benzene rings is 2. The number of halogens is 1. The van der Waals surface area contributed by atoms with E-state index in [0.717, 1.165) is 36.6 Å². The zero-order valence-corrected chi connectivity index (χ0v) is 23.8. The van der Waals surface area contributed by atoms with Crippen LogP contribution in [-0.4, -0.2) is 57.3 Å². The van der Waals surface area contributed by atoms with Crippen LogP contribution in [0.3, 0.4) is 0 Å². The molecular formula is C32H32ClN5O4. The van der Waals surface area contributed by atoms with Gasteiger partial charge in [0.15, 0.2) is 0 Å². The van der Waals surface area contributed by atoms with E-state index >= 15 is 0 Å². The van der Waals surface area contributed by atoms with Gasteiger partial charge in [-0.3, -0.25) is 23.7 Å². The highest BCUT2D eigenvalue weighted by atomic mass is 35.5. The Kier molecular flexibility index (Phi) is 7.84. The summed E-state index contributed by atoms with van der Waals surface area (Å²) in [7, 11) is 0. The molecule has 2 aromatic carbocycles. The number of pyridine rings is 1. The zero-order chi connectivity index (χ0) is 29.2. The Labute approximate surface area is 247 Å². The Morgan fingerprint density at radius 1 is 0.857 bits per heavy atom. The van der Waals surface area contributed by atoms with Crippen molar-refractivity contribution in [2.75, 3.05) is 13.1 Å². The third-order valence-electron chi connectivity index (χ3n) is 8.39. The molecule has 2 fully saturated rings. The first-order valence-electron chi connectivity index (χ1n) is 14.3. The van der Waals surface area contributed by atoms with Gasteiger partial charge in [0.2, 0.25) is 5.91 Å². The van der Waals surface area contributed by atoms with Gasteiger partial charge in [-0.15, -0.1) is 0 Å². The lowest BCUT2D eigenvalue weighted by molar-refractivity contribution is -0.136. The summed E-state index contributed by atoms with van der Waals surface area (Å²) in [6.07, 6.45) is 7.78. The van der Waals surface area contributed by atoms with Crippen LogP contribution in [0.5, 0.6) is 0 Å². The van der Waals surface area contributed by atoms with Gasteiger partial charge in [0.1, 0.15) is 0 Å². The minimum Gasteiger partial charge on any atom is -0.360 e. The van der Waals surface area contributed by atoms with E-state index in [1.165, 1.54) is 10.6 Å². The summed E-state index contributed by atoms with van der Waals surface area (Å²) in [5.41, 5.74) is 2.13. The molecule has 1 saturated heterocycles. The van der Waals surface area contributed by atoms with Crippen LogP contribution in [0.1, 0.15) is 52.8 Å². The normalized spacial score (nSPS) is 19.1. The second kappa shape index (κ2) is 11.9. The molecule has 3 N–H and O–H groups in total. The first-order chi connectivity index (χ1) is 20.4. The van der Waals surface area contributed by atoms with Gasteiger partial charge in [0, 0.05) is 65.2 Å². The lowest BCUT2D eigenvalue weighted by Crippen LogP contribution is -2.61. The Balaban J connectivity index is 1.20. The number of nitrogens with one attached hydrogen (secondary N) is 3. The molecule has 0 unspecified atom stereocenters. The maximum absolute atomic E-state index is 13.4. The van der Waals surface area contributed by atoms with Gasteiger partial charge in [0.05, 0.1) is 17.1 Å². The molecule has 6 rings (SSSR count). The SMILES string of the molecule is O=C(N[C@H]1CN(C(=O)C2CCCC2)CC[C@H]1NC(=O)c1ccc2c(Cl)c[nH]c2c1)c1ccc(-n2ccccc2=O)cc1. The zero-order valence-electron chi connectivity index (χ0n) is 23.0. The minimum absolute atomic E-state index is 0.0285. The van der Waals surface area contributed by atoms with Gasteiger partial charge in [0.25, 0.3) is 17.4 Å². The molecule has 3 amide bonds. The summed E-state index contributed by atoms with van der Waals surface area (Å²) in [6, 6.07) is 16.1. The first-order valence-corrected chi connectivity index (χ1v) is 14.7. The summed E-state index contributed by atoms with van der Waals surface area (Å²) >= 11 is 6.19. The number of aromatic nitrogens is 2. The van der Waals surface area contributed by atoms with Gasteiger partial charge in [-0.25, -0.2) is 0 Å². The van der Waals surface area contributed by atoms with Crippen LogP contribution < -0.4 is 16.2 Å². The van der Waals surface area contributed by atoms with Crippen LogP contribution in [0.4, 0.5) is 0 Å². The van der Waals surface area contributed by atoms with Crippen molar-refractivity contribution in [3.63, 3.8) is 0 Å². The smallest absolute Gasteiger partial charge is 0.255 e. The number of aromatic amines is 1. The van der Waals surface area contributed by atoms with E-state index < -0.39 is 6.04 Å². The molecule has 3 heterocycles. The summed E-state index contributed by atoms with van der Waals surface area (Å²) in [4.78, 5) is 57.1. The molecule has 216 valence electrons. The predicted octanol–water partition coefficient (Wildman–Crippen LogP) is 4.29. The molecule has 2 atom stereocenters. The fourth-order valence-electron chi connectivity index (χ4n) is 6.05. The van der Waals surface area contributed by atoms with E-state index in [4.69, 9.17) is 11.6 Å². The molecule has 1 saturated carbocycles. The Hall–Kier alpha value is -4.37. The summed E-state index contributed by atoms with van der Waals surface area (Å²) in [6.45, 7) is 0.827. The Morgan fingerprint density at radius 3 is 2.33 bits per heavy atom. The Bertz CT molecular complexity index is 1690. The fourth-order valence-corrected chi connectivity index (χ4v) is 6.27. The topological polar surface area (TPSA) is 116 Å². The molecule has 2 aliphatic rings. The lowest BCUT2D eigenvalue weighted by atomic mass is 9.96. The fraction of sp³-hybridized carbons (Fsp3) is 0.312. The van der Waals surface area contributed by atoms with Gasteiger partial charge in [-0.2, -0.15) is 0 Å². The van der Waals surface area contributed by atoms with Crippen molar-refractivity contribution in [1.82, 2.24) is 25.1 Å². The molecule has 1 aliphatic carbocycles. The van der Waals surface area contributed by atoms with Crippen molar-refractivity contribution in [3.8, 4) is 5.69 Å². The number of rotatable bonds is 6. The van der Waals surface area contributed by atoms with E-state index in [0.29, 0.717) is 41.3 Å². The van der Waals surface area contributed by atoms with Gasteiger partial charge in [-0.05, 0) is 61.7 Å². The number of hydrogen-bond acceptors (Lipinski definition) is 4. The number of hydrogen-bond donors (Lipinski definition) is 3. The summed E-state index contributed by atoms with van der Waals surface area (Å²) in [5.74, 6) is -0.423. The first kappa shape index (κ1) is 27.8. The third-order valence-corrected chi connectivity index (χ3v) is 8.70. The average molecular weight is 586 g/mol. The van der Waals surface area contributed by atoms with Gasteiger partial charge in [-0.1, -0.05) is 36.6 Å². The maximum atomic E-state index is 13.4. The van der Waals surface area contributed by atoms with Crippen LogP contribution in [0.15, 0.2) is 77.9 Å². The van der Waals surface area contributed by atoms with E-state index in [2.05, 4.69) is 15.6 Å². The molecule has 0 bridgehead atoms. The van der Waals surface area contributed by atoms with Crippen LogP contribution in [0.25, 0.3) is 16.6 Å². The van der Waals surface area contributed by atoms with Crippen molar-refractivity contribution in [1.29, 1.82) is 0 Å². The number of nitrogens with zero attached hydrogens (tertiary/aromatic N) is 2. The van der Waals surface area contributed by atoms with Crippen molar-refractivity contribution >= 4 is 40.2 Å². The molecule has 2 aromatic heterocycles. The highest BCUT2D eigenvalue weighted by Crippen LogP contribution is 2.28. The predicted molar refractivity (Wildman–Crippen MR) is 161 cm³/mol. The molecular weight excluding hydrogens is 554 g/mol. The van der Waals surface area contributed by atoms with E-state index in [9.17, 15) is 19.2 Å². The number of amides is 3. The quantitative estimate of drug-likeness (QED) is 0.313. The number of carbonyl (C=O) groups is 3. The van der Waals surface area contributed by atoms with Crippen molar-refractivity contribution < 1.29 is 14.4 Å². The summed E-state index contributed by atoms with van der Waals surface area (Å²) < 4.78 is 1.50. The molecule has 9 nitrogen and oxygen atoms in total. The molecule has 1 aliphatic heterocycles. The lowest BCUT2D eigenvalue weighted by Gasteiger charge is -2.40. The monoisotopic (exact) mass is 585 g/mol. The third kappa shape index (κ3) is 5.69. The largest absolute Gasteiger partial charge is 0.360 e. The number of fused-ring (bicyclic) bond motifs is 1. The van der Waals surface area contributed by atoms with Crippen LogP contribution in [0, 0.1) is 5.92 Å². The highest BCUT2D eigenvalue weighted by Gasteiger charge is 2.36. The van der Waals surface area contributed by atoms with Crippen LogP contribution in [0.2, 0.25) is 5.02 Å². The van der Waals surface area contributed by atoms with Crippen LogP contribution >= 0.6 is 11.6 Å². The maximum Gasteiger partial charge on any atom is 0.255 e. The number of piperidine rings is 1. The van der Waals surface area contributed by atoms with E-state index in [1.54, 1.807) is 67.0 Å². The van der Waals surface area contributed by atoms with Gasteiger partial charge >= 0.3 is 0 Å². The number of likely N-dealkylation sites (tertiary alicyclic amines) is 1. The molecule has 0 radical (unpaired) electrons. The molecule has 10 heteroatoms. The second-order valence-corrected chi connectivity index (χ2v) is 11.5. The van der Waals surface area contributed by atoms with Crippen molar-refractivity contribution in [3.05, 3.63) is 99.6 Å². The average Bonchev–Trinajstić information content (AvgIpc) is 3.68. The molecule has 42 heavy (non-hydrogen) atoms. The molecule has 4 aromatic rings. The standard InChI is InChI=1S/C32H32ClN5O4/c33-25-18-34-27-17-22(10-13-24(25)27)31(41)35-26-14-16-37(32(42)21-5-1-2-6-21)19-28(26)36-30(40)20-8-11-23(12-9-20)38-15-4-3-7-29(38)39/h3-4,7-13,15,17-18,21,26,28,34H,1-2,5-6,14,16,19H2,(H,35,41)(H,36,40)/t26-,28+/m1/s1. The second-order valence-electron chi connectivity index (χ2n) is 11.1. The Morgan fingerprint density at radius 2 is 1.57 bits per heavy atom. The van der Waals surface area contributed by atoms with E-state index in [-0.39, 0.29) is 35.2 Å². The number of H-pyrrole nitrogens is 1.